The Hall–Kier alpha value is -1.69. The van der Waals surface area contributed by atoms with Crippen molar-refractivity contribution in [2.24, 2.45) is 5.92 Å². The van der Waals surface area contributed by atoms with Gasteiger partial charge in [0.1, 0.15) is 11.9 Å². The molecule has 0 aliphatic rings. The Morgan fingerprint density at radius 2 is 2.32 bits per heavy atom. The van der Waals surface area contributed by atoms with Crippen LogP contribution < -0.4 is 11.1 Å². The molecular weight excluding hydrogens is 249 g/mol. The monoisotopic (exact) mass is 269 g/mol. The lowest BCUT2D eigenvalue weighted by Crippen LogP contribution is -2.42. The standard InChI is InChI=1S/C13H20FN3O2/c1-4-8(2)12(13(18)19-3)17-7-11-10(15)5-9(14)6-16-11/h5-6,8,12,17H,4,7,15H2,1-3H3. The molecule has 0 aromatic carbocycles. The summed E-state index contributed by atoms with van der Waals surface area (Å²) in [6.45, 7) is 4.24. The van der Waals surface area contributed by atoms with E-state index in [0.717, 1.165) is 12.6 Å². The van der Waals surface area contributed by atoms with Crippen molar-refractivity contribution in [1.29, 1.82) is 0 Å². The van der Waals surface area contributed by atoms with Crippen LogP contribution >= 0.6 is 0 Å². The summed E-state index contributed by atoms with van der Waals surface area (Å²) >= 11 is 0. The summed E-state index contributed by atoms with van der Waals surface area (Å²) in [6.07, 6.45) is 1.93. The van der Waals surface area contributed by atoms with Crippen LogP contribution in [0.3, 0.4) is 0 Å². The molecule has 19 heavy (non-hydrogen) atoms. The van der Waals surface area contributed by atoms with E-state index in [1.165, 1.54) is 13.2 Å². The van der Waals surface area contributed by atoms with E-state index in [9.17, 15) is 9.18 Å². The minimum absolute atomic E-state index is 0.120. The second-order valence-electron chi connectivity index (χ2n) is 4.46. The van der Waals surface area contributed by atoms with Crippen LogP contribution in [-0.4, -0.2) is 24.1 Å². The number of nitrogens with two attached hydrogens (primary N) is 1. The van der Waals surface area contributed by atoms with Gasteiger partial charge in [0.15, 0.2) is 0 Å². The van der Waals surface area contributed by atoms with Crippen molar-refractivity contribution >= 4 is 11.7 Å². The molecule has 3 N–H and O–H groups in total. The number of esters is 1. The number of nitrogens with one attached hydrogen (secondary N) is 1. The summed E-state index contributed by atoms with van der Waals surface area (Å²) in [7, 11) is 1.35. The molecule has 0 radical (unpaired) electrons. The first kappa shape index (κ1) is 15.4. The number of anilines is 1. The minimum Gasteiger partial charge on any atom is -0.468 e. The Labute approximate surface area is 112 Å². The molecule has 1 aromatic rings. The zero-order valence-corrected chi connectivity index (χ0v) is 11.4. The van der Waals surface area contributed by atoms with E-state index in [0.29, 0.717) is 5.69 Å². The first-order valence-corrected chi connectivity index (χ1v) is 6.20. The van der Waals surface area contributed by atoms with Crippen molar-refractivity contribution in [3.8, 4) is 0 Å². The van der Waals surface area contributed by atoms with Crippen LogP contribution in [0, 0.1) is 11.7 Å². The van der Waals surface area contributed by atoms with Crippen molar-refractivity contribution in [2.45, 2.75) is 32.9 Å². The third-order valence-electron chi connectivity index (χ3n) is 3.13. The second kappa shape index (κ2) is 7.04. The highest BCUT2D eigenvalue weighted by atomic mass is 19.1. The second-order valence-corrected chi connectivity index (χ2v) is 4.46. The fraction of sp³-hybridized carbons (Fsp3) is 0.538. The molecule has 0 spiro atoms. The van der Waals surface area contributed by atoms with Crippen LogP contribution in [0.4, 0.5) is 10.1 Å². The van der Waals surface area contributed by atoms with Crippen LogP contribution in [0.15, 0.2) is 12.3 Å². The van der Waals surface area contributed by atoms with Gasteiger partial charge in [0.25, 0.3) is 0 Å². The van der Waals surface area contributed by atoms with Crippen LogP contribution in [0.5, 0.6) is 0 Å². The largest absolute Gasteiger partial charge is 0.468 e. The molecule has 0 amide bonds. The third kappa shape index (κ3) is 4.17. The van der Waals surface area contributed by atoms with Gasteiger partial charge in [-0.1, -0.05) is 20.3 Å². The number of nitrogen functional groups attached to an aromatic ring is 1. The van der Waals surface area contributed by atoms with Gasteiger partial charge in [-0.05, 0) is 5.92 Å². The maximum Gasteiger partial charge on any atom is 0.323 e. The number of rotatable bonds is 6. The molecule has 1 rings (SSSR count). The third-order valence-corrected chi connectivity index (χ3v) is 3.13. The molecule has 0 saturated carbocycles. The number of hydrogen-bond acceptors (Lipinski definition) is 5. The molecule has 106 valence electrons. The first-order valence-electron chi connectivity index (χ1n) is 6.20. The van der Waals surface area contributed by atoms with E-state index in [1.807, 2.05) is 13.8 Å². The molecule has 6 heteroatoms. The van der Waals surface area contributed by atoms with Crippen molar-refractivity contribution in [3.63, 3.8) is 0 Å². The molecule has 5 nitrogen and oxygen atoms in total. The molecular formula is C13H20FN3O2. The average molecular weight is 269 g/mol. The number of aromatic nitrogens is 1. The summed E-state index contributed by atoms with van der Waals surface area (Å²) in [5.41, 5.74) is 6.44. The number of pyridine rings is 1. The SMILES string of the molecule is CCC(C)C(NCc1ncc(F)cc1N)C(=O)OC. The fourth-order valence-corrected chi connectivity index (χ4v) is 1.72. The van der Waals surface area contributed by atoms with Crippen LogP contribution in [0.1, 0.15) is 26.0 Å². The molecule has 0 fully saturated rings. The zero-order chi connectivity index (χ0) is 14.4. The Morgan fingerprint density at radius 3 is 2.84 bits per heavy atom. The summed E-state index contributed by atoms with van der Waals surface area (Å²) in [6, 6.07) is 0.779. The number of carbonyl (C=O) groups is 1. The fourth-order valence-electron chi connectivity index (χ4n) is 1.72. The quantitative estimate of drug-likeness (QED) is 0.765. The summed E-state index contributed by atoms with van der Waals surface area (Å²) in [4.78, 5) is 15.6. The molecule has 0 aliphatic heterocycles. The van der Waals surface area contributed by atoms with E-state index < -0.39 is 11.9 Å². The van der Waals surface area contributed by atoms with Gasteiger partial charge in [0.2, 0.25) is 0 Å². The van der Waals surface area contributed by atoms with Gasteiger partial charge >= 0.3 is 5.97 Å². The highest BCUT2D eigenvalue weighted by Gasteiger charge is 2.24. The highest BCUT2D eigenvalue weighted by Crippen LogP contribution is 2.13. The summed E-state index contributed by atoms with van der Waals surface area (Å²) in [5, 5.41) is 3.06. The lowest BCUT2D eigenvalue weighted by molar-refractivity contribution is -0.144. The van der Waals surface area contributed by atoms with Gasteiger partial charge < -0.3 is 10.5 Å². The maximum atomic E-state index is 12.9. The van der Waals surface area contributed by atoms with Gasteiger partial charge in [-0.25, -0.2) is 4.39 Å². The number of hydrogen-bond donors (Lipinski definition) is 2. The molecule has 2 atom stereocenters. The molecule has 1 aromatic heterocycles. The number of methoxy groups -OCH3 is 1. The van der Waals surface area contributed by atoms with Gasteiger partial charge in [0.05, 0.1) is 24.7 Å². The first-order chi connectivity index (χ1) is 8.99. The smallest absolute Gasteiger partial charge is 0.323 e. The van der Waals surface area contributed by atoms with Crippen molar-refractivity contribution in [2.75, 3.05) is 12.8 Å². The van der Waals surface area contributed by atoms with Gasteiger partial charge in [-0.3, -0.25) is 15.1 Å². The number of nitrogens with zero attached hydrogens (tertiary/aromatic N) is 1. The summed E-state index contributed by atoms with van der Waals surface area (Å²) < 4.78 is 17.6. The minimum atomic E-state index is -0.479. The van der Waals surface area contributed by atoms with E-state index in [1.54, 1.807) is 0 Å². The predicted molar refractivity (Wildman–Crippen MR) is 70.7 cm³/mol. The topological polar surface area (TPSA) is 77.2 Å². The van der Waals surface area contributed by atoms with E-state index in [2.05, 4.69) is 10.3 Å². The summed E-state index contributed by atoms with van der Waals surface area (Å²) in [5.74, 6) is -0.683. The molecule has 0 aliphatic carbocycles. The predicted octanol–water partition coefficient (Wildman–Crippen LogP) is 1.48. The number of carbonyl (C=O) groups excluding carboxylic acids is 1. The average Bonchev–Trinajstić information content (AvgIpc) is 2.40. The van der Waals surface area contributed by atoms with Crippen molar-refractivity contribution < 1.29 is 13.9 Å². The Kier molecular flexibility index (Phi) is 5.69. The van der Waals surface area contributed by atoms with Gasteiger partial charge in [-0.15, -0.1) is 0 Å². The Bertz CT molecular complexity index is 440. The lowest BCUT2D eigenvalue weighted by Gasteiger charge is -2.22. The molecule has 2 unspecified atom stereocenters. The maximum absolute atomic E-state index is 12.9. The van der Waals surface area contributed by atoms with Gasteiger partial charge in [0, 0.05) is 12.6 Å². The van der Waals surface area contributed by atoms with E-state index in [-0.39, 0.29) is 24.1 Å². The van der Waals surface area contributed by atoms with Crippen LogP contribution in [0.25, 0.3) is 0 Å². The molecule has 0 saturated heterocycles. The van der Waals surface area contributed by atoms with Gasteiger partial charge in [-0.2, -0.15) is 0 Å². The highest BCUT2D eigenvalue weighted by molar-refractivity contribution is 5.76. The zero-order valence-electron chi connectivity index (χ0n) is 11.4. The lowest BCUT2D eigenvalue weighted by atomic mass is 9.99. The molecule has 1 heterocycles. The van der Waals surface area contributed by atoms with Crippen LogP contribution in [0.2, 0.25) is 0 Å². The number of ether oxygens (including phenoxy) is 1. The van der Waals surface area contributed by atoms with Crippen LogP contribution in [-0.2, 0) is 16.1 Å². The molecule has 0 bridgehead atoms. The number of halogens is 1. The van der Waals surface area contributed by atoms with Crippen molar-refractivity contribution in [3.05, 3.63) is 23.8 Å². The van der Waals surface area contributed by atoms with E-state index in [4.69, 9.17) is 10.5 Å². The van der Waals surface area contributed by atoms with E-state index >= 15 is 0 Å². The Morgan fingerprint density at radius 1 is 1.63 bits per heavy atom. The normalized spacial score (nSPS) is 13.9. The Balaban J connectivity index is 2.73. The van der Waals surface area contributed by atoms with Crippen molar-refractivity contribution in [1.82, 2.24) is 10.3 Å².